The van der Waals surface area contributed by atoms with Crippen molar-refractivity contribution < 1.29 is 9.59 Å². The van der Waals surface area contributed by atoms with E-state index in [9.17, 15) is 9.59 Å². The van der Waals surface area contributed by atoms with E-state index in [2.05, 4.69) is 26.5 Å². The molecule has 0 aromatic heterocycles. The Morgan fingerprint density at radius 1 is 1.47 bits per heavy atom. The molecule has 5 nitrogen and oxygen atoms in total. The van der Waals surface area contributed by atoms with Crippen molar-refractivity contribution in [1.82, 2.24) is 10.3 Å². The Bertz CT molecular complexity index is 542. The lowest BCUT2D eigenvalue weighted by Crippen LogP contribution is -2.37. The van der Waals surface area contributed by atoms with Crippen LogP contribution < -0.4 is 5.43 Å². The summed E-state index contributed by atoms with van der Waals surface area (Å²) in [5.41, 5.74) is 3.77. The first-order valence-electron chi connectivity index (χ1n) is 5.91. The molecule has 1 aliphatic rings. The minimum atomic E-state index is -0.153. The highest BCUT2D eigenvalue weighted by molar-refractivity contribution is 9.10. The Morgan fingerprint density at radius 3 is 2.89 bits per heavy atom. The molecule has 0 unspecified atom stereocenters. The van der Waals surface area contributed by atoms with E-state index in [1.807, 2.05) is 24.3 Å². The predicted octanol–water partition coefficient (Wildman–Crippen LogP) is 1.67. The second-order valence-corrected chi connectivity index (χ2v) is 5.30. The molecular formula is C13H14BrN3O2. The molecule has 1 heterocycles. The highest BCUT2D eigenvalue weighted by atomic mass is 79.9. The smallest absolute Gasteiger partial charge is 0.270 e. The Balaban J connectivity index is 2.02. The molecule has 1 aromatic carbocycles. The third kappa shape index (κ3) is 3.64. The quantitative estimate of drug-likeness (QED) is 0.919. The summed E-state index contributed by atoms with van der Waals surface area (Å²) in [5.74, 6) is -0.300. The van der Waals surface area contributed by atoms with Crippen molar-refractivity contribution in [1.29, 1.82) is 0 Å². The molecule has 19 heavy (non-hydrogen) atoms. The number of nitrogens with zero attached hydrogens (tertiary/aromatic N) is 2. The van der Waals surface area contributed by atoms with Gasteiger partial charge in [-0.1, -0.05) is 28.1 Å². The lowest BCUT2D eigenvalue weighted by Gasteiger charge is -2.20. The van der Waals surface area contributed by atoms with Crippen LogP contribution in [0.2, 0.25) is 0 Å². The summed E-state index contributed by atoms with van der Waals surface area (Å²) in [4.78, 5) is 24.7. The van der Waals surface area contributed by atoms with Crippen molar-refractivity contribution in [3.05, 3.63) is 34.3 Å². The summed E-state index contributed by atoms with van der Waals surface area (Å²) < 4.78 is 0.980. The zero-order valence-electron chi connectivity index (χ0n) is 10.5. The van der Waals surface area contributed by atoms with Crippen molar-refractivity contribution in [2.45, 2.75) is 19.4 Å². The van der Waals surface area contributed by atoms with Crippen LogP contribution >= 0.6 is 15.9 Å². The van der Waals surface area contributed by atoms with E-state index in [0.717, 1.165) is 10.0 Å². The van der Waals surface area contributed by atoms with E-state index in [0.29, 0.717) is 25.1 Å². The molecule has 0 spiro atoms. The Labute approximate surface area is 119 Å². The molecule has 0 atom stereocenters. The van der Waals surface area contributed by atoms with Crippen molar-refractivity contribution >= 4 is 33.5 Å². The summed E-state index contributed by atoms with van der Waals surface area (Å²) >= 11 is 3.40. The maximum Gasteiger partial charge on any atom is 0.270 e. The van der Waals surface area contributed by atoms with Crippen molar-refractivity contribution in [3.63, 3.8) is 0 Å². The molecule has 1 N–H and O–H groups in total. The summed E-state index contributed by atoms with van der Waals surface area (Å²) in [5, 5.41) is 3.81. The number of benzene rings is 1. The number of halogens is 1. The number of rotatable bonds is 3. The molecule has 0 fully saturated rings. The number of carbonyl (C=O) groups is 2. The summed E-state index contributed by atoms with van der Waals surface area (Å²) in [6.07, 6.45) is 0.711. The van der Waals surface area contributed by atoms with Crippen LogP contribution in [0, 0.1) is 0 Å². The van der Waals surface area contributed by atoms with Gasteiger partial charge in [0.05, 0.1) is 0 Å². The molecule has 2 amide bonds. The monoisotopic (exact) mass is 323 g/mol. The van der Waals surface area contributed by atoms with Gasteiger partial charge in [-0.05, 0) is 17.7 Å². The van der Waals surface area contributed by atoms with Crippen LogP contribution in [-0.2, 0) is 16.1 Å². The minimum absolute atomic E-state index is 0.147. The maximum atomic E-state index is 12.1. The third-order valence-corrected chi connectivity index (χ3v) is 3.30. The molecule has 0 aliphatic carbocycles. The number of carbonyl (C=O) groups excluding carboxylic acids is 2. The fourth-order valence-corrected chi connectivity index (χ4v) is 2.28. The summed E-state index contributed by atoms with van der Waals surface area (Å²) in [6, 6.07) is 7.79. The van der Waals surface area contributed by atoms with Gasteiger partial charge in [0, 0.05) is 30.9 Å². The van der Waals surface area contributed by atoms with Gasteiger partial charge in [-0.25, -0.2) is 5.43 Å². The Hall–Kier alpha value is -1.69. The first kappa shape index (κ1) is 13.7. The Morgan fingerprint density at radius 2 is 2.26 bits per heavy atom. The lowest BCUT2D eigenvalue weighted by atomic mass is 10.1. The van der Waals surface area contributed by atoms with Crippen molar-refractivity contribution in [2.75, 3.05) is 7.05 Å². The molecule has 0 bridgehead atoms. The van der Waals surface area contributed by atoms with Gasteiger partial charge in [0.1, 0.15) is 5.71 Å². The highest BCUT2D eigenvalue weighted by Gasteiger charge is 2.21. The predicted molar refractivity (Wildman–Crippen MR) is 75.4 cm³/mol. The van der Waals surface area contributed by atoms with E-state index >= 15 is 0 Å². The van der Waals surface area contributed by atoms with Crippen LogP contribution in [0.25, 0.3) is 0 Å². The minimum Gasteiger partial charge on any atom is -0.336 e. The van der Waals surface area contributed by atoms with Gasteiger partial charge in [-0.2, -0.15) is 5.10 Å². The SMILES string of the molecule is CN(Cc1cccc(Br)c1)C(=O)C1=NNC(=O)CC1. The first-order chi connectivity index (χ1) is 9.06. The fraction of sp³-hybridized carbons (Fsp3) is 0.308. The van der Waals surface area contributed by atoms with E-state index in [4.69, 9.17) is 0 Å². The molecule has 1 aliphatic heterocycles. The molecular weight excluding hydrogens is 310 g/mol. The van der Waals surface area contributed by atoms with Crippen LogP contribution in [0.1, 0.15) is 18.4 Å². The number of hydrogen-bond donors (Lipinski definition) is 1. The van der Waals surface area contributed by atoms with Gasteiger partial charge in [-0.3, -0.25) is 9.59 Å². The lowest BCUT2D eigenvalue weighted by molar-refractivity contribution is -0.124. The first-order valence-corrected chi connectivity index (χ1v) is 6.71. The van der Waals surface area contributed by atoms with Gasteiger partial charge >= 0.3 is 0 Å². The molecule has 100 valence electrons. The summed E-state index contributed by atoms with van der Waals surface area (Å²) in [7, 11) is 1.72. The van der Waals surface area contributed by atoms with Gasteiger partial charge in [-0.15, -0.1) is 0 Å². The van der Waals surface area contributed by atoms with Crippen molar-refractivity contribution in [2.24, 2.45) is 5.10 Å². The largest absolute Gasteiger partial charge is 0.336 e. The van der Waals surface area contributed by atoms with Crippen LogP contribution in [0.3, 0.4) is 0 Å². The fourth-order valence-electron chi connectivity index (χ4n) is 1.83. The second-order valence-electron chi connectivity index (χ2n) is 4.38. The number of hydrazone groups is 1. The van der Waals surface area contributed by atoms with Gasteiger partial charge in [0.2, 0.25) is 5.91 Å². The van der Waals surface area contributed by atoms with E-state index in [1.165, 1.54) is 0 Å². The topological polar surface area (TPSA) is 61.8 Å². The number of nitrogens with one attached hydrogen (secondary N) is 1. The van der Waals surface area contributed by atoms with E-state index in [1.54, 1.807) is 11.9 Å². The molecule has 0 radical (unpaired) electrons. The molecule has 0 saturated carbocycles. The van der Waals surface area contributed by atoms with Crippen LogP contribution in [0.15, 0.2) is 33.8 Å². The number of amides is 2. The van der Waals surface area contributed by atoms with E-state index < -0.39 is 0 Å². The average molecular weight is 324 g/mol. The van der Waals surface area contributed by atoms with Crippen LogP contribution in [0.4, 0.5) is 0 Å². The zero-order chi connectivity index (χ0) is 13.8. The maximum absolute atomic E-state index is 12.1. The normalized spacial score (nSPS) is 14.6. The average Bonchev–Trinajstić information content (AvgIpc) is 2.39. The van der Waals surface area contributed by atoms with Gasteiger partial charge < -0.3 is 4.90 Å². The van der Waals surface area contributed by atoms with Crippen molar-refractivity contribution in [3.8, 4) is 0 Å². The van der Waals surface area contributed by atoms with Gasteiger partial charge in [0.25, 0.3) is 5.91 Å². The highest BCUT2D eigenvalue weighted by Crippen LogP contribution is 2.13. The third-order valence-electron chi connectivity index (χ3n) is 2.81. The molecule has 2 rings (SSSR count). The summed E-state index contributed by atoms with van der Waals surface area (Å²) in [6.45, 7) is 0.505. The van der Waals surface area contributed by atoms with Crippen LogP contribution in [-0.4, -0.2) is 29.5 Å². The van der Waals surface area contributed by atoms with Gasteiger partial charge in [0.15, 0.2) is 0 Å². The molecule has 1 aromatic rings. The number of hydrogen-bond acceptors (Lipinski definition) is 3. The standard InChI is InChI=1S/C13H14BrN3O2/c1-17(8-9-3-2-4-10(14)7-9)13(19)11-5-6-12(18)16-15-11/h2-4,7H,5-6,8H2,1H3,(H,16,18). The molecule has 0 saturated heterocycles. The molecule has 6 heteroatoms. The second kappa shape index (κ2) is 5.97. The van der Waals surface area contributed by atoms with Crippen LogP contribution in [0.5, 0.6) is 0 Å². The zero-order valence-corrected chi connectivity index (χ0v) is 12.1. The van der Waals surface area contributed by atoms with E-state index in [-0.39, 0.29) is 11.8 Å². The Kier molecular flexibility index (Phi) is 4.31.